The molecular formula is C23H17ClN2O2. The molecule has 0 atom stereocenters. The number of hydrogen-bond acceptors (Lipinski definition) is 4. The summed E-state index contributed by atoms with van der Waals surface area (Å²) in [6.45, 7) is 0. The highest BCUT2D eigenvalue weighted by atomic mass is 35.5. The Balaban J connectivity index is 0.00000192. The van der Waals surface area contributed by atoms with E-state index in [4.69, 9.17) is 10.2 Å². The summed E-state index contributed by atoms with van der Waals surface area (Å²) in [5.74, 6) is 0. The molecule has 0 saturated heterocycles. The molecule has 0 aliphatic heterocycles. The maximum absolute atomic E-state index is 12.2. The number of fused-ring (bicyclic) bond motifs is 4. The quantitative estimate of drug-likeness (QED) is 0.226. The van der Waals surface area contributed by atoms with Crippen LogP contribution in [0.25, 0.3) is 32.5 Å². The second-order valence-corrected chi connectivity index (χ2v) is 6.52. The minimum atomic E-state index is -0.388. The van der Waals surface area contributed by atoms with Crippen LogP contribution in [0, 0.1) is 0 Å². The zero-order valence-electron chi connectivity index (χ0n) is 14.8. The van der Waals surface area contributed by atoms with Gasteiger partial charge in [0.1, 0.15) is 5.58 Å². The van der Waals surface area contributed by atoms with Crippen molar-refractivity contribution in [1.29, 1.82) is 0 Å². The van der Waals surface area contributed by atoms with Gasteiger partial charge in [-0.3, -0.25) is 0 Å². The molecule has 0 radical (unpaired) electrons. The van der Waals surface area contributed by atoms with Crippen molar-refractivity contribution in [1.82, 2.24) is 0 Å². The number of rotatable bonds is 2. The molecule has 0 aliphatic carbocycles. The van der Waals surface area contributed by atoms with Crippen LogP contribution in [0.4, 0.5) is 17.1 Å². The molecule has 5 aromatic rings. The van der Waals surface area contributed by atoms with E-state index in [1.54, 1.807) is 0 Å². The Kier molecular flexibility index (Phi) is 4.41. The number of nitrogens with two attached hydrogens (primary N) is 1. The third-order valence-electron chi connectivity index (χ3n) is 4.86. The fraction of sp³-hybridized carbons (Fsp3) is 0. The highest BCUT2D eigenvalue weighted by molar-refractivity contribution is 6.09. The standard InChI is InChI=1S/C23H16N2O2.ClH/c24-19-9-3-8-17-16(19)7-4-10-20(17)25-21-13-22(26)27-23-15-6-2-1-5-14(15)11-12-18(21)23;/h1-13,25H,24H2;1H. The van der Waals surface area contributed by atoms with E-state index in [9.17, 15) is 4.79 Å². The molecule has 0 bridgehead atoms. The lowest BCUT2D eigenvalue weighted by Crippen LogP contribution is -2.02. The lowest BCUT2D eigenvalue weighted by Gasteiger charge is -2.13. The van der Waals surface area contributed by atoms with Crippen LogP contribution >= 0.6 is 12.4 Å². The minimum Gasteiger partial charge on any atom is -0.422 e. The average Bonchev–Trinajstić information content (AvgIpc) is 2.68. The van der Waals surface area contributed by atoms with Gasteiger partial charge in [-0.2, -0.15) is 0 Å². The predicted molar refractivity (Wildman–Crippen MR) is 119 cm³/mol. The molecule has 138 valence electrons. The van der Waals surface area contributed by atoms with Crippen molar-refractivity contribution >= 4 is 62.0 Å². The molecule has 0 unspecified atom stereocenters. The smallest absolute Gasteiger partial charge is 0.338 e. The van der Waals surface area contributed by atoms with Gasteiger partial charge in [0.05, 0.1) is 5.69 Å². The summed E-state index contributed by atoms with van der Waals surface area (Å²) in [5.41, 5.74) is 8.62. The summed E-state index contributed by atoms with van der Waals surface area (Å²) in [5, 5.41) is 8.18. The number of halogens is 1. The van der Waals surface area contributed by atoms with Gasteiger partial charge < -0.3 is 15.5 Å². The Labute approximate surface area is 167 Å². The van der Waals surface area contributed by atoms with Crippen molar-refractivity contribution in [2.75, 3.05) is 11.1 Å². The normalized spacial score (nSPS) is 10.9. The van der Waals surface area contributed by atoms with E-state index in [1.807, 2.05) is 72.8 Å². The predicted octanol–water partition coefficient (Wildman–Crippen LogP) is 5.85. The molecule has 0 fully saturated rings. The zero-order valence-corrected chi connectivity index (χ0v) is 15.6. The summed E-state index contributed by atoms with van der Waals surface area (Å²) >= 11 is 0. The van der Waals surface area contributed by atoms with Gasteiger partial charge in [0.15, 0.2) is 0 Å². The van der Waals surface area contributed by atoms with Crippen molar-refractivity contribution < 1.29 is 4.42 Å². The maximum atomic E-state index is 12.2. The van der Waals surface area contributed by atoms with Crippen LogP contribution in [-0.2, 0) is 0 Å². The second-order valence-electron chi connectivity index (χ2n) is 6.52. The second kappa shape index (κ2) is 6.91. The van der Waals surface area contributed by atoms with Crippen molar-refractivity contribution in [3.8, 4) is 0 Å². The summed E-state index contributed by atoms with van der Waals surface area (Å²) in [6.07, 6.45) is 0. The number of hydrogen-bond donors (Lipinski definition) is 2. The first kappa shape index (κ1) is 17.9. The van der Waals surface area contributed by atoms with Gasteiger partial charge >= 0.3 is 5.63 Å². The monoisotopic (exact) mass is 388 g/mol. The highest BCUT2D eigenvalue weighted by Gasteiger charge is 2.11. The topological polar surface area (TPSA) is 68.3 Å². The van der Waals surface area contributed by atoms with Crippen LogP contribution in [0.1, 0.15) is 0 Å². The molecule has 0 spiro atoms. The van der Waals surface area contributed by atoms with E-state index in [0.717, 1.165) is 38.3 Å². The number of benzene rings is 4. The summed E-state index contributed by atoms with van der Waals surface area (Å²) < 4.78 is 5.54. The molecule has 28 heavy (non-hydrogen) atoms. The number of nitrogen functional groups attached to an aromatic ring is 1. The lowest BCUT2D eigenvalue weighted by atomic mass is 10.0. The van der Waals surface area contributed by atoms with E-state index in [1.165, 1.54) is 6.07 Å². The van der Waals surface area contributed by atoms with Gasteiger partial charge in [-0.15, -0.1) is 12.4 Å². The lowest BCUT2D eigenvalue weighted by molar-refractivity contribution is 0.565. The molecule has 1 heterocycles. The fourth-order valence-corrected chi connectivity index (χ4v) is 3.58. The Hall–Kier alpha value is -3.50. The summed E-state index contributed by atoms with van der Waals surface area (Å²) in [7, 11) is 0. The largest absolute Gasteiger partial charge is 0.422 e. The Morgan fingerprint density at radius 2 is 1.46 bits per heavy atom. The Morgan fingerprint density at radius 3 is 2.36 bits per heavy atom. The molecule has 5 heteroatoms. The highest BCUT2D eigenvalue weighted by Crippen LogP contribution is 2.33. The van der Waals surface area contributed by atoms with Gasteiger partial charge in [0.25, 0.3) is 0 Å². The van der Waals surface area contributed by atoms with E-state index in [0.29, 0.717) is 11.3 Å². The van der Waals surface area contributed by atoms with Gasteiger partial charge in [-0.1, -0.05) is 54.6 Å². The van der Waals surface area contributed by atoms with Crippen molar-refractivity contribution in [3.05, 3.63) is 89.3 Å². The zero-order chi connectivity index (χ0) is 18.4. The molecule has 0 aliphatic rings. The summed E-state index contributed by atoms with van der Waals surface area (Å²) in [6, 6.07) is 25.1. The van der Waals surface area contributed by atoms with Crippen LogP contribution in [0.15, 0.2) is 88.1 Å². The maximum Gasteiger partial charge on any atom is 0.338 e. The SMILES string of the molecule is Cl.Nc1cccc2c(Nc3cc(=O)oc4c3ccc3ccccc34)cccc12. The van der Waals surface area contributed by atoms with E-state index in [2.05, 4.69) is 5.32 Å². The molecule has 5 rings (SSSR count). The van der Waals surface area contributed by atoms with E-state index < -0.39 is 0 Å². The first-order valence-electron chi connectivity index (χ1n) is 8.70. The van der Waals surface area contributed by atoms with Crippen molar-refractivity contribution in [3.63, 3.8) is 0 Å². The fourth-order valence-electron chi connectivity index (χ4n) is 3.58. The molecule has 0 saturated carbocycles. The van der Waals surface area contributed by atoms with Crippen LogP contribution in [0.2, 0.25) is 0 Å². The first-order chi connectivity index (χ1) is 13.2. The van der Waals surface area contributed by atoms with Crippen molar-refractivity contribution in [2.24, 2.45) is 0 Å². The molecule has 4 nitrogen and oxygen atoms in total. The molecule has 0 amide bonds. The van der Waals surface area contributed by atoms with Gasteiger partial charge in [0.2, 0.25) is 0 Å². The third kappa shape index (κ3) is 2.84. The van der Waals surface area contributed by atoms with Crippen LogP contribution in [-0.4, -0.2) is 0 Å². The summed E-state index contributed by atoms with van der Waals surface area (Å²) in [4.78, 5) is 12.2. The van der Waals surface area contributed by atoms with Gasteiger partial charge in [-0.05, 0) is 23.6 Å². The average molecular weight is 389 g/mol. The number of nitrogens with one attached hydrogen (secondary N) is 1. The van der Waals surface area contributed by atoms with Gasteiger partial charge in [-0.25, -0.2) is 4.79 Å². The number of anilines is 3. The third-order valence-corrected chi connectivity index (χ3v) is 4.86. The Bertz CT molecular complexity index is 1390. The van der Waals surface area contributed by atoms with Crippen LogP contribution in [0.5, 0.6) is 0 Å². The molecule has 4 aromatic carbocycles. The van der Waals surface area contributed by atoms with Crippen molar-refractivity contribution in [2.45, 2.75) is 0 Å². The Morgan fingerprint density at radius 1 is 0.714 bits per heavy atom. The molecule has 1 aromatic heterocycles. The minimum absolute atomic E-state index is 0. The van der Waals surface area contributed by atoms with E-state index >= 15 is 0 Å². The van der Waals surface area contributed by atoms with Gasteiger partial charge in [0, 0.05) is 39.0 Å². The van der Waals surface area contributed by atoms with E-state index in [-0.39, 0.29) is 18.0 Å². The van der Waals surface area contributed by atoms with Crippen LogP contribution < -0.4 is 16.7 Å². The van der Waals surface area contributed by atoms with Crippen LogP contribution in [0.3, 0.4) is 0 Å². The first-order valence-corrected chi connectivity index (χ1v) is 8.70. The molecule has 3 N–H and O–H groups in total. The molecular weight excluding hydrogens is 372 g/mol.